The molecule has 5 N–H and O–H groups in total. The van der Waals surface area contributed by atoms with E-state index in [1.54, 1.807) is 0 Å². The second-order valence-corrected chi connectivity index (χ2v) is 4.23. The van der Waals surface area contributed by atoms with Crippen molar-refractivity contribution >= 4 is 16.9 Å². The lowest BCUT2D eigenvalue weighted by Gasteiger charge is -2.14. The molecule has 3 rings (SSSR count). The molecule has 0 radical (unpaired) electrons. The SMILES string of the molecule is Nc1nncc2c1nnn2C1OC(CO)C(O)C1O. The van der Waals surface area contributed by atoms with Gasteiger partial charge in [0.05, 0.1) is 12.8 Å². The normalized spacial score (nSPS) is 31.1. The van der Waals surface area contributed by atoms with Crippen LogP contribution in [-0.4, -0.2) is 65.4 Å². The highest BCUT2D eigenvalue weighted by Gasteiger charge is 2.44. The molecule has 1 fully saturated rings. The Hall–Kier alpha value is -1.88. The minimum Gasteiger partial charge on any atom is -0.394 e. The summed E-state index contributed by atoms with van der Waals surface area (Å²) in [5.74, 6) is 0.107. The van der Waals surface area contributed by atoms with Crippen LogP contribution in [-0.2, 0) is 4.74 Å². The molecule has 4 unspecified atom stereocenters. The second kappa shape index (κ2) is 4.35. The van der Waals surface area contributed by atoms with Gasteiger partial charge >= 0.3 is 0 Å². The third-order valence-corrected chi connectivity index (χ3v) is 3.08. The van der Waals surface area contributed by atoms with Crippen LogP contribution >= 0.6 is 0 Å². The van der Waals surface area contributed by atoms with Gasteiger partial charge in [0, 0.05) is 0 Å². The molecule has 2 aromatic rings. The third kappa shape index (κ3) is 1.73. The van der Waals surface area contributed by atoms with E-state index in [1.165, 1.54) is 10.9 Å². The maximum absolute atomic E-state index is 9.92. The summed E-state index contributed by atoms with van der Waals surface area (Å²) in [4.78, 5) is 0. The van der Waals surface area contributed by atoms with Crippen LogP contribution in [0, 0.1) is 0 Å². The molecule has 0 aromatic carbocycles. The molecule has 19 heavy (non-hydrogen) atoms. The zero-order chi connectivity index (χ0) is 13.6. The molecule has 3 heterocycles. The van der Waals surface area contributed by atoms with Crippen LogP contribution in [0.25, 0.3) is 11.0 Å². The van der Waals surface area contributed by atoms with Crippen molar-refractivity contribution in [3.8, 4) is 0 Å². The second-order valence-electron chi connectivity index (χ2n) is 4.23. The number of hydrogen-bond acceptors (Lipinski definition) is 9. The Morgan fingerprint density at radius 2 is 2.11 bits per heavy atom. The first-order valence-corrected chi connectivity index (χ1v) is 5.58. The van der Waals surface area contributed by atoms with Gasteiger partial charge in [0.25, 0.3) is 0 Å². The molecule has 0 amide bonds. The number of aromatic nitrogens is 5. The van der Waals surface area contributed by atoms with Crippen LogP contribution in [0.5, 0.6) is 0 Å². The van der Waals surface area contributed by atoms with Crippen LogP contribution < -0.4 is 5.73 Å². The van der Waals surface area contributed by atoms with Crippen molar-refractivity contribution in [2.75, 3.05) is 12.3 Å². The van der Waals surface area contributed by atoms with Crippen molar-refractivity contribution in [1.82, 2.24) is 25.2 Å². The average Bonchev–Trinajstić information content (AvgIpc) is 2.94. The number of aliphatic hydroxyl groups is 3. The standard InChI is InChI=1S/C9H12N6O4/c10-8-5-3(1-11-13-8)15(14-12-5)9-7(18)6(17)4(2-16)19-9/h1,4,6-7,9,16-18H,2H2,(H2,10,13). The van der Waals surface area contributed by atoms with Crippen molar-refractivity contribution in [1.29, 1.82) is 0 Å². The fraction of sp³-hybridized carbons (Fsp3) is 0.556. The molecule has 1 aliphatic heterocycles. The summed E-state index contributed by atoms with van der Waals surface area (Å²) in [5.41, 5.74) is 6.35. The van der Waals surface area contributed by atoms with E-state index in [0.717, 1.165) is 0 Å². The smallest absolute Gasteiger partial charge is 0.181 e. The van der Waals surface area contributed by atoms with E-state index >= 15 is 0 Å². The lowest BCUT2D eigenvalue weighted by Crippen LogP contribution is -2.33. The zero-order valence-electron chi connectivity index (χ0n) is 9.66. The van der Waals surface area contributed by atoms with Gasteiger partial charge in [-0.15, -0.1) is 10.2 Å². The Morgan fingerprint density at radius 3 is 2.79 bits per heavy atom. The van der Waals surface area contributed by atoms with Crippen molar-refractivity contribution < 1.29 is 20.1 Å². The summed E-state index contributed by atoms with van der Waals surface area (Å²) in [5, 5.41) is 43.6. The maximum Gasteiger partial charge on any atom is 0.181 e. The topological polar surface area (TPSA) is 152 Å². The van der Waals surface area contributed by atoms with Gasteiger partial charge in [0.15, 0.2) is 17.6 Å². The molecular formula is C9H12N6O4. The summed E-state index contributed by atoms with van der Waals surface area (Å²) in [6.45, 7) is -0.413. The molecule has 10 nitrogen and oxygen atoms in total. The summed E-state index contributed by atoms with van der Waals surface area (Å²) in [6, 6.07) is 0. The highest BCUT2D eigenvalue weighted by atomic mass is 16.6. The fourth-order valence-electron chi connectivity index (χ4n) is 2.07. The average molecular weight is 268 g/mol. The Morgan fingerprint density at radius 1 is 1.32 bits per heavy atom. The van der Waals surface area contributed by atoms with Gasteiger partial charge in [-0.05, 0) is 0 Å². The third-order valence-electron chi connectivity index (χ3n) is 3.08. The largest absolute Gasteiger partial charge is 0.394 e. The Balaban J connectivity index is 2.04. The molecule has 1 saturated heterocycles. The number of aliphatic hydroxyl groups excluding tert-OH is 3. The quantitative estimate of drug-likeness (QED) is 0.459. The van der Waals surface area contributed by atoms with E-state index in [9.17, 15) is 10.2 Å². The van der Waals surface area contributed by atoms with Crippen molar-refractivity contribution in [2.24, 2.45) is 0 Å². The predicted molar refractivity (Wildman–Crippen MR) is 60.5 cm³/mol. The Bertz CT molecular complexity index is 603. The molecule has 0 bridgehead atoms. The molecule has 0 spiro atoms. The summed E-state index contributed by atoms with van der Waals surface area (Å²) in [6.07, 6.45) is -2.93. The number of fused-ring (bicyclic) bond motifs is 1. The highest BCUT2D eigenvalue weighted by Crippen LogP contribution is 2.30. The molecule has 10 heteroatoms. The summed E-state index contributed by atoms with van der Waals surface area (Å²) < 4.78 is 6.60. The maximum atomic E-state index is 9.92. The van der Waals surface area contributed by atoms with Gasteiger partial charge in [0.2, 0.25) is 0 Å². The summed E-state index contributed by atoms with van der Waals surface area (Å²) >= 11 is 0. The lowest BCUT2D eigenvalue weighted by molar-refractivity contribution is -0.0572. The number of nitrogen functional groups attached to an aromatic ring is 1. The number of hydrogen-bond donors (Lipinski definition) is 4. The van der Waals surface area contributed by atoms with E-state index in [2.05, 4.69) is 20.5 Å². The van der Waals surface area contributed by atoms with Gasteiger partial charge in [0.1, 0.15) is 23.8 Å². The minimum atomic E-state index is -1.24. The monoisotopic (exact) mass is 268 g/mol. The lowest BCUT2D eigenvalue weighted by atomic mass is 10.1. The molecule has 0 aliphatic carbocycles. The van der Waals surface area contributed by atoms with Crippen LogP contribution in [0.2, 0.25) is 0 Å². The fourth-order valence-corrected chi connectivity index (χ4v) is 2.07. The van der Waals surface area contributed by atoms with Crippen molar-refractivity contribution in [3.05, 3.63) is 6.20 Å². The molecule has 4 atom stereocenters. The van der Waals surface area contributed by atoms with Crippen molar-refractivity contribution in [3.63, 3.8) is 0 Å². The van der Waals surface area contributed by atoms with E-state index in [1.807, 2.05) is 0 Å². The Kier molecular flexibility index (Phi) is 2.78. The molecule has 102 valence electrons. The van der Waals surface area contributed by atoms with Gasteiger partial charge in [-0.25, -0.2) is 4.68 Å². The van der Waals surface area contributed by atoms with E-state index in [0.29, 0.717) is 11.0 Å². The molecule has 0 saturated carbocycles. The van der Waals surface area contributed by atoms with E-state index in [-0.39, 0.29) is 5.82 Å². The predicted octanol–water partition coefficient (Wildman–Crippen LogP) is -2.58. The summed E-state index contributed by atoms with van der Waals surface area (Å²) in [7, 11) is 0. The number of nitrogens with two attached hydrogens (primary N) is 1. The number of anilines is 1. The molecule has 1 aliphatic rings. The zero-order valence-corrected chi connectivity index (χ0v) is 9.66. The number of nitrogens with zero attached hydrogens (tertiary/aromatic N) is 5. The van der Waals surface area contributed by atoms with Crippen LogP contribution in [0.1, 0.15) is 6.23 Å². The molecular weight excluding hydrogens is 256 g/mol. The molecule has 2 aromatic heterocycles. The van der Waals surface area contributed by atoms with E-state index < -0.39 is 31.1 Å². The highest BCUT2D eigenvalue weighted by molar-refractivity contribution is 5.82. The Labute approximate surface area is 106 Å². The minimum absolute atomic E-state index is 0.107. The van der Waals surface area contributed by atoms with Gasteiger partial charge < -0.3 is 25.8 Å². The van der Waals surface area contributed by atoms with E-state index in [4.69, 9.17) is 15.6 Å². The first-order valence-electron chi connectivity index (χ1n) is 5.58. The van der Waals surface area contributed by atoms with Crippen LogP contribution in [0.4, 0.5) is 5.82 Å². The number of ether oxygens (including phenoxy) is 1. The first kappa shape index (κ1) is 12.2. The van der Waals surface area contributed by atoms with Crippen molar-refractivity contribution in [2.45, 2.75) is 24.5 Å². The first-order chi connectivity index (χ1) is 9.13. The van der Waals surface area contributed by atoms with Crippen LogP contribution in [0.15, 0.2) is 6.20 Å². The number of rotatable bonds is 2. The van der Waals surface area contributed by atoms with Crippen LogP contribution in [0.3, 0.4) is 0 Å². The van der Waals surface area contributed by atoms with Gasteiger partial charge in [-0.3, -0.25) is 0 Å². The van der Waals surface area contributed by atoms with Gasteiger partial charge in [-0.1, -0.05) is 5.21 Å². The van der Waals surface area contributed by atoms with Gasteiger partial charge in [-0.2, -0.15) is 5.10 Å².